The maximum Gasteiger partial charge on any atom is 0.222 e. The highest BCUT2D eigenvalue weighted by Crippen LogP contribution is 2.30. The monoisotopic (exact) mass is 348 g/mol. The lowest BCUT2D eigenvalue weighted by molar-refractivity contribution is 0.455. The standard InChI is InChI=1S/C17H21BrN2O/c1-4-7-19-10-14-9-13(3)17(20-11-14)21-16-6-5-12(2)8-15(16)18/h5-6,8-9,11,19H,4,7,10H2,1-3H3. The van der Waals surface area contributed by atoms with Gasteiger partial charge in [-0.3, -0.25) is 0 Å². The zero-order valence-electron chi connectivity index (χ0n) is 12.7. The number of halogens is 1. The van der Waals surface area contributed by atoms with E-state index in [1.54, 1.807) is 0 Å². The van der Waals surface area contributed by atoms with Crippen LogP contribution in [-0.2, 0) is 6.54 Å². The molecule has 1 heterocycles. The molecule has 0 atom stereocenters. The van der Waals surface area contributed by atoms with Gasteiger partial charge in [-0.25, -0.2) is 4.98 Å². The molecule has 4 heteroatoms. The molecule has 1 N–H and O–H groups in total. The summed E-state index contributed by atoms with van der Waals surface area (Å²) in [4.78, 5) is 4.43. The molecule has 3 nitrogen and oxygen atoms in total. The Labute approximate surface area is 134 Å². The van der Waals surface area contributed by atoms with E-state index in [1.165, 1.54) is 11.1 Å². The number of aromatic nitrogens is 1. The molecule has 21 heavy (non-hydrogen) atoms. The molecule has 1 aromatic carbocycles. The Hall–Kier alpha value is -1.39. The molecule has 0 aliphatic heterocycles. The number of nitrogens with zero attached hydrogens (tertiary/aromatic N) is 1. The zero-order valence-corrected chi connectivity index (χ0v) is 14.3. The van der Waals surface area contributed by atoms with E-state index in [-0.39, 0.29) is 0 Å². The number of hydrogen-bond acceptors (Lipinski definition) is 3. The fourth-order valence-electron chi connectivity index (χ4n) is 2.03. The van der Waals surface area contributed by atoms with E-state index >= 15 is 0 Å². The molecule has 0 bridgehead atoms. The van der Waals surface area contributed by atoms with E-state index in [0.717, 1.165) is 35.3 Å². The SMILES string of the molecule is CCCNCc1cnc(Oc2ccc(C)cc2Br)c(C)c1. The van der Waals surface area contributed by atoms with Crippen LogP contribution in [0.1, 0.15) is 30.0 Å². The average molecular weight is 349 g/mol. The molecular formula is C17H21BrN2O. The Morgan fingerprint density at radius 2 is 2.05 bits per heavy atom. The first kappa shape index (κ1) is 16.0. The lowest BCUT2D eigenvalue weighted by Gasteiger charge is -2.11. The highest BCUT2D eigenvalue weighted by atomic mass is 79.9. The number of ether oxygens (including phenoxy) is 1. The molecule has 0 amide bonds. The number of rotatable bonds is 6. The molecule has 0 saturated carbocycles. The first-order valence-corrected chi connectivity index (χ1v) is 7.99. The van der Waals surface area contributed by atoms with Crippen molar-refractivity contribution in [3.8, 4) is 11.6 Å². The summed E-state index contributed by atoms with van der Waals surface area (Å²) in [5, 5.41) is 3.37. The summed E-state index contributed by atoms with van der Waals surface area (Å²) in [6.07, 6.45) is 3.00. The van der Waals surface area contributed by atoms with Gasteiger partial charge in [0.1, 0.15) is 5.75 Å². The topological polar surface area (TPSA) is 34.2 Å². The number of aryl methyl sites for hydroxylation is 2. The summed E-state index contributed by atoms with van der Waals surface area (Å²) in [6.45, 7) is 8.10. The van der Waals surface area contributed by atoms with Crippen LogP contribution in [0.5, 0.6) is 11.6 Å². The van der Waals surface area contributed by atoms with Crippen LogP contribution in [0.4, 0.5) is 0 Å². The van der Waals surface area contributed by atoms with Crippen LogP contribution >= 0.6 is 15.9 Å². The van der Waals surface area contributed by atoms with E-state index in [4.69, 9.17) is 4.74 Å². The third-order valence-electron chi connectivity index (χ3n) is 3.14. The Morgan fingerprint density at radius 3 is 2.71 bits per heavy atom. The second-order valence-electron chi connectivity index (χ2n) is 5.18. The lowest BCUT2D eigenvalue weighted by Crippen LogP contribution is -2.14. The number of benzene rings is 1. The minimum atomic E-state index is 0.652. The van der Waals surface area contributed by atoms with E-state index in [2.05, 4.69) is 46.1 Å². The summed E-state index contributed by atoms with van der Waals surface area (Å²) in [5.74, 6) is 1.44. The summed E-state index contributed by atoms with van der Waals surface area (Å²) < 4.78 is 6.84. The maximum absolute atomic E-state index is 5.90. The quantitative estimate of drug-likeness (QED) is 0.764. The summed E-state index contributed by atoms with van der Waals surface area (Å²) in [5.41, 5.74) is 3.41. The van der Waals surface area contributed by atoms with E-state index < -0.39 is 0 Å². The van der Waals surface area contributed by atoms with Crippen molar-refractivity contribution in [3.05, 3.63) is 51.6 Å². The normalized spacial score (nSPS) is 10.7. The third kappa shape index (κ3) is 4.55. The van der Waals surface area contributed by atoms with Gasteiger partial charge in [-0.15, -0.1) is 0 Å². The molecule has 2 rings (SSSR count). The molecule has 1 aromatic heterocycles. The second kappa shape index (κ2) is 7.57. The van der Waals surface area contributed by atoms with Crippen LogP contribution in [0.15, 0.2) is 34.9 Å². The summed E-state index contributed by atoms with van der Waals surface area (Å²) in [6, 6.07) is 8.14. The fourth-order valence-corrected chi connectivity index (χ4v) is 2.60. The molecule has 0 radical (unpaired) electrons. The molecule has 2 aromatic rings. The van der Waals surface area contributed by atoms with Gasteiger partial charge in [0.2, 0.25) is 5.88 Å². The minimum Gasteiger partial charge on any atom is -0.438 e. The Bertz CT molecular complexity index is 614. The Balaban J connectivity index is 2.10. The van der Waals surface area contributed by atoms with Gasteiger partial charge in [-0.2, -0.15) is 0 Å². The van der Waals surface area contributed by atoms with Crippen LogP contribution in [0.25, 0.3) is 0 Å². The van der Waals surface area contributed by atoms with E-state index in [1.807, 2.05) is 31.3 Å². The summed E-state index contributed by atoms with van der Waals surface area (Å²) >= 11 is 3.52. The largest absolute Gasteiger partial charge is 0.438 e. The predicted molar refractivity (Wildman–Crippen MR) is 89.9 cm³/mol. The number of hydrogen-bond donors (Lipinski definition) is 1. The Kier molecular flexibility index (Phi) is 5.76. The molecule has 0 unspecified atom stereocenters. The predicted octanol–water partition coefficient (Wildman–Crippen LogP) is 4.75. The van der Waals surface area contributed by atoms with E-state index in [9.17, 15) is 0 Å². The molecule has 0 aliphatic rings. The van der Waals surface area contributed by atoms with Gasteiger partial charge >= 0.3 is 0 Å². The third-order valence-corrected chi connectivity index (χ3v) is 3.76. The van der Waals surface area contributed by atoms with Crippen LogP contribution in [0.2, 0.25) is 0 Å². The van der Waals surface area contributed by atoms with Crippen LogP contribution in [0, 0.1) is 13.8 Å². The minimum absolute atomic E-state index is 0.652. The second-order valence-corrected chi connectivity index (χ2v) is 6.03. The molecular weight excluding hydrogens is 328 g/mol. The van der Waals surface area contributed by atoms with Gasteiger partial charge in [0.05, 0.1) is 4.47 Å². The molecule has 0 fully saturated rings. The molecule has 0 saturated heterocycles. The number of nitrogens with one attached hydrogen (secondary N) is 1. The van der Waals surface area contributed by atoms with Crippen molar-refractivity contribution in [1.82, 2.24) is 10.3 Å². The van der Waals surface area contributed by atoms with Crippen molar-refractivity contribution in [2.75, 3.05) is 6.54 Å². The van der Waals surface area contributed by atoms with Crippen molar-refractivity contribution >= 4 is 15.9 Å². The van der Waals surface area contributed by atoms with Gasteiger partial charge in [0.25, 0.3) is 0 Å². The highest BCUT2D eigenvalue weighted by Gasteiger charge is 2.07. The van der Waals surface area contributed by atoms with Crippen LogP contribution in [-0.4, -0.2) is 11.5 Å². The molecule has 0 spiro atoms. The van der Waals surface area contributed by atoms with Crippen molar-refractivity contribution in [1.29, 1.82) is 0 Å². The van der Waals surface area contributed by atoms with Crippen molar-refractivity contribution in [2.24, 2.45) is 0 Å². The maximum atomic E-state index is 5.90. The van der Waals surface area contributed by atoms with Crippen LogP contribution in [0.3, 0.4) is 0 Å². The van der Waals surface area contributed by atoms with Gasteiger partial charge in [0, 0.05) is 18.3 Å². The van der Waals surface area contributed by atoms with Gasteiger partial charge in [0.15, 0.2) is 0 Å². The van der Waals surface area contributed by atoms with Crippen LogP contribution < -0.4 is 10.1 Å². The fraction of sp³-hybridized carbons (Fsp3) is 0.353. The molecule has 112 valence electrons. The zero-order chi connectivity index (χ0) is 15.2. The van der Waals surface area contributed by atoms with Gasteiger partial charge in [-0.05, 0) is 72.1 Å². The highest BCUT2D eigenvalue weighted by molar-refractivity contribution is 9.10. The summed E-state index contributed by atoms with van der Waals surface area (Å²) in [7, 11) is 0. The Morgan fingerprint density at radius 1 is 1.24 bits per heavy atom. The van der Waals surface area contributed by atoms with Gasteiger partial charge < -0.3 is 10.1 Å². The van der Waals surface area contributed by atoms with Crippen molar-refractivity contribution in [3.63, 3.8) is 0 Å². The smallest absolute Gasteiger partial charge is 0.222 e. The first-order valence-electron chi connectivity index (χ1n) is 7.20. The lowest BCUT2D eigenvalue weighted by atomic mass is 10.2. The van der Waals surface area contributed by atoms with Gasteiger partial charge in [-0.1, -0.05) is 13.0 Å². The van der Waals surface area contributed by atoms with E-state index in [0.29, 0.717) is 5.88 Å². The van der Waals surface area contributed by atoms with Crippen molar-refractivity contribution in [2.45, 2.75) is 33.7 Å². The molecule has 0 aliphatic carbocycles. The first-order chi connectivity index (χ1) is 10.1. The number of pyridine rings is 1. The average Bonchev–Trinajstić information content (AvgIpc) is 2.44. The van der Waals surface area contributed by atoms with Crippen molar-refractivity contribution < 1.29 is 4.74 Å².